The first kappa shape index (κ1) is 9.73. The first-order valence-electron chi connectivity index (χ1n) is 4.69. The molecule has 0 saturated heterocycles. The highest BCUT2D eigenvalue weighted by molar-refractivity contribution is 5.95. The van der Waals surface area contributed by atoms with Crippen molar-refractivity contribution >= 4 is 16.5 Å². The average Bonchev–Trinajstić information content (AvgIpc) is 2.29. The zero-order valence-electron chi connectivity index (χ0n) is 8.18. The maximum atomic E-state index is 8.66. The number of nitrogens with two attached hydrogens (primary N) is 1. The smallest absolute Gasteiger partial charge is 0.142 e. The highest BCUT2D eigenvalue weighted by Crippen LogP contribution is 2.29. The second kappa shape index (κ2) is 4.14. The molecule has 0 unspecified atom stereocenters. The molecule has 1 heterocycles. The second-order valence-corrected chi connectivity index (χ2v) is 3.15. The van der Waals surface area contributed by atoms with Crippen LogP contribution in [0.2, 0.25) is 0 Å². The number of anilines is 1. The van der Waals surface area contributed by atoms with Crippen LogP contribution in [0.5, 0.6) is 5.75 Å². The highest BCUT2D eigenvalue weighted by Gasteiger charge is 2.04. The number of aliphatic hydroxyl groups excluding tert-OH is 1. The van der Waals surface area contributed by atoms with Gasteiger partial charge in [0.25, 0.3) is 0 Å². The van der Waals surface area contributed by atoms with Crippen LogP contribution in [0, 0.1) is 0 Å². The van der Waals surface area contributed by atoms with Crippen molar-refractivity contribution in [2.45, 2.75) is 0 Å². The van der Waals surface area contributed by atoms with E-state index in [1.807, 2.05) is 12.1 Å². The van der Waals surface area contributed by atoms with Gasteiger partial charge in [-0.1, -0.05) is 0 Å². The lowest BCUT2D eigenvalue weighted by atomic mass is 10.1. The Morgan fingerprint density at radius 2 is 2.20 bits per heavy atom. The van der Waals surface area contributed by atoms with Gasteiger partial charge in [0.15, 0.2) is 0 Å². The molecule has 15 heavy (non-hydrogen) atoms. The minimum atomic E-state index is -0.0200. The SMILES string of the molecule is Nc1c(OCCO)ccc2cnccc12. The van der Waals surface area contributed by atoms with Gasteiger partial charge in [0, 0.05) is 23.2 Å². The first-order chi connectivity index (χ1) is 7.33. The Kier molecular flexibility index (Phi) is 2.69. The van der Waals surface area contributed by atoms with Crippen molar-refractivity contribution in [1.82, 2.24) is 4.98 Å². The number of benzene rings is 1. The predicted molar refractivity (Wildman–Crippen MR) is 58.7 cm³/mol. The molecule has 0 spiro atoms. The van der Waals surface area contributed by atoms with Crippen LogP contribution in [0.4, 0.5) is 5.69 Å². The Bertz CT molecular complexity index is 471. The third-order valence-corrected chi connectivity index (χ3v) is 2.17. The molecule has 2 rings (SSSR count). The highest BCUT2D eigenvalue weighted by atomic mass is 16.5. The lowest BCUT2D eigenvalue weighted by Gasteiger charge is -2.09. The molecular weight excluding hydrogens is 192 g/mol. The zero-order valence-corrected chi connectivity index (χ0v) is 8.18. The lowest BCUT2D eigenvalue weighted by molar-refractivity contribution is 0.202. The Labute approximate surface area is 87.3 Å². The molecular formula is C11H12N2O2. The van der Waals surface area contributed by atoms with E-state index in [0.717, 1.165) is 10.8 Å². The van der Waals surface area contributed by atoms with Crippen LogP contribution >= 0.6 is 0 Å². The predicted octanol–water partition coefficient (Wildman–Crippen LogP) is 1.19. The van der Waals surface area contributed by atoms with E-state index in [9.17, 15) is 0 Å². The topological polar surface area (TPSA) is 68.4 Å². The Balaban J connectivity index is 2.45. The van der Waals surface area contributed by atoms with Gasteiger partial charge in [-0.15, -0.1) is 0 Å². The van der Waals surface area contributed by atoms with Crippen LogP contribution in [0.15, 0.2) is 30.6 Å². The summed E-state index contributed by atoms with van der Waals surface area (Å²) in [7, 11) is 0. The third kappa shape index (κ3) is 1.85. The average molecular weight is 204 g/mol. The minimum absolute atomic E-state index is 0.0200. The molecule has 0 radical (unpaired) electrons. The summed E-state index contributed by atoms with van der Waals surface area (Å²) in [5.41, 5.74) is 6.51. The quantitative estimate of drug-likeness (QED) is 0.737. The number of hydrogen-bond donors (Lipinski definition) is 2. The molecule has 0 bridgehead atoms. The first-order valence-corrected chi connectivity index (χ1v) is 4.69. The van der Waals surface area contributed by atoms with Crippen molar-refractivity contribution in [2.24, 2.45) is 0 Å². The van der Waals surface area contributed by atoms with E-state index < -0.39 is 0 Å². The number of aromatic nitrogens is 1. The number of aliphatic hydroxyl groups is 1. The Morgan fingerprint density at radius 3 is 3.00 bits per heavy atom. The zero-order chi connectivity index (χ0) is 10.7. The molecule has 0 amide bonds. The molecule has 4 heteroatoms. The van der Waals surface area contributed by atoms with Gasteiger partial charge in [0.05, 0.1) is 12.3 Å². The van der Waals surface area contributed by atoms with Crippen LogP contribution in [-0.2, 0) is 0 Å². The third-order valence-electron chi connectivity index (χ3n) is 2.17. The van der Waals surface area contributed by atoms with Crippen molar-refractivity contribution < 1.29 is 9.84 Å². The van der Waals surface area contributed by atoms with Gasteiger partial charge in [-0.25, -0.2) is 0 Å². The summed E-state index contributed by atoms with van der Waals surface area (Å²) in [5.74, 6) is 0.600. The van der Waals surface area contributed by atoms with E-state index in [0.29, 0.717) is 11.4 Å². The number of nitrogen functional groups attached to an aromatic ring is 1. The molecule has 4 nitrogen and oxygen atoms in total. The van der Waals surface area contributed by atoms with Crippen LogP contribution in [0.3, 0.4) is 0 Å². The molecule has 3 N–H and O–H groups in total. The number of ether oxygens (including phenoxy) is 1. The van der Waals surface area contributed by atoms with Crippen molar-refractivity contribution in [2.75, 3.05) is 18.9 Å². The Morgan fingerprint density at radius 1 is 1.33 bits per heavy atom. The second-order valence-electron chi connectivity index (χ2n) is 3.15. The van der Waals surface area contributed by atoms with Crippen molar-refractivity contribution in [1.29, 1.82) is 0 Å². The van der Waals surface area contributed by atoms with Crippen LogP contribution in [-0.4, -0.2) is 23.3 Å². The van der Waals surface area contributed by atoms with Gasteiger partial charge in [-0.2, -0.15) is 0 Å². The van der Waals surface area contributed by atoms with Gasteiger partial charge in [-0.3, -0.25) is 4.98 Å². The molecule has 0 aliphatic heterocycles. The molecule has 1 aromatic carbocycles. The van der Waals surface area contributed by atoms with Gasteiger partial charge in [0.1, 0.15) is 12.4 Å². The molecule has 0 aliphatic rings. The number of rotatable bonds is 3. The molecule has 0 aliphatic carbocycles. The van der Waals surface area contributed by atoms with E-state index in [2.05, 4.69) is 4.98 Å². The number of hydrogen-bond acceptors (Lipinski definition) is 4. The summed E-state index contributed by atoms with van der Waals surface area (Å²) < 4.78 is 5.30. The Hall–Kier alpha value is -1.81. The van der Waals surface area contributed by atoms with E-state index >= 15 is 0 Å². The summed E-state index contributed by atoms with van der Waals surface area (Å²) in [4.78, 5) is 4.01. The maximum absolute atomic E-state index is 8.66. The lowest BCUT2D eigenvalue weighted by Crippen LogP contribution is -2.04. The summed E-state index contributed by atoms with van der Waals surface area (Å²) >= 11 is 0. The molecule has 78 valence electrons. The summed E-state index contributed by atoms with van der Waals surface area (Å²) in [6.07, 6.45) is 3.44. The fourth-order valence-electron chi connectivity index (χ4n) is 1.45. The van der Waals surface area contributed by atoms with E-state index in [1.54, 1.807) is 18.5 Å². The largest absolute Gasteiger partial charge is 0.489 e. The van der Waals surface area contributed by atoms with Crippen LogP contribution in [0.1, 0.15) is 0 Å². The molecule has 1 aromatic heterocycles. The van der Waals surface area contributed by atoms with Crippen molar-refractivity contribution in [3.8, 4) is 5.75 Å². The van der Waals surface area contributed by atoms with Crippen LogP contribution < -0.4 is 10.5 Å². The fourth-order valence-corrected chi connectivity index (χ4v) is 1.45. The van der Waals surface area contributed by atoms with E-state index in [-0.39, 0.29) is 13.2 Å². The summed E-state index contributed by atoms with van der Waals surface area (Å²) in [6, 6.07) is 5.52. The standard InChI is InChI=1S/C11H12N2O2/c12-11-9-3-4-13-7-8(9)1-2-10(11)15-6-5-14/h1-4,7,14H,5-6,12H2. The number of nitrogens with zero attached hydrogens (tertiary/aromatic N) is 1. The number of fused-ring (bicyclic) bond motifs is 1. The maximum Gasteiger partial charge on any atom is 0.142 e. The molecule has 0 fully saturated rings. The molecule has 2 aromatic rings. The van der Waals surface area contributed by atoms with Gasteiger partial charge in [-0.05, 0) is 18.2 Å². The van der Waals surface area contributed by atoms with Crippen LogP contribution in [0.25, 0.3) is 10.8 Å². The monoisotopic (exact) mass is 204 g/mol. The number of pyridine rings is 1. The van der Waals surface area contributed by atoms with Gasteiger partial charge in [0.2, 0.25) is 0 Å². The van der Waals surface area contributed by atoms with E-state index in [4.69, 9.17) is 15.6 Å². The minimum Gasteiger partial charge on any atom is -0.489 e. The van der Waals surface area contributed by atoms with Gasteiger partial charge < -0.3 is 15.6 Å². The van der Waals surface area contributed by atoms with Crippen molar-refractivity contribution in [3.05, 3.63) is 30.6 Å². The van der Waals surface area contributed by atoms with Crippen molar-refractivity contribution in [3.63, 3.8) is 0 Å². The van der Waals surface area contributed by atoms with E-state index in [1.165, 1.54) is 0 Å². The van der Waals surface area contributed by atoms with Gasteiger partial charge >= 0.3 is 0 Å². The summed E-state index contributed by atoms with van der Waals surface area (Å²) in [5, 5.41) is 10.6. The summed E-state index contributed by atoms with van der Waals surface area (Å²) in [6.45, 7) is 0.231. The fraction of sp³-hybridized carbons (Fsp3) is 0.182. The normalized spacial score (nSPS) is 10.5. The molecule has 0 atom stereocenters. The molecule has 0 saturated carbocycles.